The third-order valence-electron chi connectivity index (χ3n) is 4.67. The van der Waals surface area contributed by atoms with E-state index in [0.717, 1.165) is 36.4 Å². The van der Waals surface area contributed by atoms with Gasteiger partial charge in [0.25, 0.3) is 0 Å². The molecule has 0 amide bonds. The average molecular weight is 353 g/mol. The molecule has 130 valence electrons. The van der Waals surface area contributed by atoms with Crippen LogP contribution in [0.1, 0.15) is 29.0 Å². The van der Waals surface area contributed by atoms with Gasteiger partial charge in [-0.25, -0.2) is 4.98 Å². The lowest BCUT2D eigenvalue weighted by molar-refractivity contribution is 0.317. The number of fused-ring (bicyclic) bond motifs is 1. The van der Waals surface area contributed by atoms with Crippen LogP contribution in [-0.4, -0.2) is 39.9 Å². The smallest absolute Gasteiger partial charge is 0.0890 e. The second-order valence-corrected chi connectivity index (χ2v) is 7.92. The number of aromatic nitrogens is 2. The van der Waals surface area contributed by atoms with Crippen LogP contribution in [0.3, 0.4) is 0 Å². The first-order chi connectivity index (χ1) is 12.3. The quantitative estimate of drug-likeness (QED) is 0.673. The summed E-state index contributed by atoms with van der Waals surface area (Å²) >= 11 is 1.87. The Hall–Kier alpha value is -1.82. The van der Waals surface area contributed by atoms with Crippen molar-refractivity contribution in [2.75, 3.05) is 20.1 Å². The van der Waals surface area contributed by atoms with Gasteiger partial charge in [0.1, 0.15) is 0 Å². The maximum atomic E-state index is 4.72. The number of rotatable bonds is 6. The number of benzene rings is 1. The number of hydrogen-bond acceptors (Lipinski definition) is 5. The molecule has 0 atom stereocenters. The second-order valence-electron chi connectivity index (χ2n) is 6.93. The van der Waals surface area contributed by atoms with Gasteiger partial charge in [-0.05, 0) is 62.1 Å². The Morgan fingerprint density at radius 3 is 2.76 bits per heavy atom. The normalized spacial score (nSPS) is 15.4. The van der Waals surface area contributed by atoms with Gasteiger partial charge in [-0.15, -0.1) is 11.3 Å². The lowest BCUT2D eigenvalue weighted by atomic mass is 10.2. The van der Waals surface area contributed by atoms with Crippen molar-refractivity contribution in [3.63, 3.8) is 0 Å². The predicted molar refractivity (Wildman–Crippen MR) is 104 cm³/mol. The van der Waals surface area contributed by atoms with Gasteiger partial charge in [0.05, 0.1) is 22.9 Å². The zero-order valence-corrected chi connectivity index (χ0v) is 15.5. The molecule has 1 saturated heterocycles. The van der Waals surface area contributed by atoms with Gasteiger partial charge in [-0.3, -0.25) is 14.8 Å². The summed E-state index contributed by atoms with van der Waals surface area (Å²) in [7, 11) is 2.15. The molecule has 0 saturated carbocycles. The van der Waals surface area contributed by atoms with Crippen LogP contribution in [-0.2, 0) is 19.6 Å². The van der Waals surface area contributed by atoms with Crippen LogP contribution in [0.15, 0.2) is 41.9 Å². The summed E-state index contributed by atoms with van der Waals surface area (Å²) < 4.78 is 0. The molecule has 3 heterocycles. The number of thiophene rings is 1. The predicted octanol–water partition coefficient (Wildman–Crippen LogP) is 3.92. The van der Waals surface area contributed by atoms with E-state index in [9.17, 15) is 0 Å². The van der Waals surface area contributed by atoms with Crippen LogP contribution in [0.2, 0.25) is 0 Å². The zero-order chi connectivity index (χ0) is 17.1. The maximum Gasteiger partial charge on any atom is 0.0890 e. The molecule has 4 nitrogen and oxygen atoms in total. The molecule has 0 aliphatic carbocycles. The number of para-hydroxylation sites is 2. The largest absolute Gasteiger partial charge is 0.299 e. The fraction of sp³-hybridized carbons (Fsp3) is 0.400. The van der Waals surface area contributed by atoms with E-state index in [0.29, 0.717) is 0 Å². The highest BCUT2D eigenvalue weighted by Gasteiger charge is 2.13. The Balaban J connectivity index is 1.36. The van der Waals surface area contributed by atoms with E-state index in [1.807, 2.05) is 41.8 Å². The SMILES string of the molecule is CN(Cc1cnc2ccccc2n1)Cc1cc(CN2CCCC2)cs1. The van der Waals surface area contributed by atoms with Crippen LogP contribution in [0.5, 0.6) is 0 Å². The number of hydrogen-bond donors (Lipinski definition) is 0. The topological polar surface area (TPSA) is 32.3 Å². The van der Waals surface area contributed by atoms with Crippen molar-refractivity contribution in [1.29, 1.82) is 0 Å². The standard InChI is InChI=1S/C20H24N4S/c1-23(13-17-11-21-19-6-2-3-7-20(19)22-17)14-18-10-16(15-25-18)12-24-8-4-5-9-24/h2-3,6-7,10-11,15H,4-5,8-9,12-14H2,1H3. The Bertz CT molecular complexity index is 838. The number of likely N-dealkylation sites (tertiary alicyclic amines) is 1. The monoisotopic (exact) mass is 352 g/mol. The minimum Gasteiger partial charge on any atom is -0.299 e. The molecule has 1 fully saturated rings. The van der Waals surface area contributed by atoms with Crippen LogP contribution in [0, 0.1) is 0 Å². The van der Waals surface area contributed by atoms with E-state index in [1.54, 1.807) is 0 Å². The first-order valence-corrected chi connectivity index (χ1v) is 9.82. The van der Waals surface area contributed by atoms with Crippen molar-refractivity contribution in [2.24, 2.45) is 0 Å². The third-order valence-corrected chi connectivity index (χ3v) is 5.64. The molecule has 5 heteroatoms. The summed E-state index contributed by atoms with van der Waals surface area (Å²) in [6, 6.07) is 10.4. The molecule has 0 spiro atoms. The van der Waals surface area contributed by atoms with Crippen molar-refractivity contribution in [1.82, 2.24) is 19.8 Å². The minimum absolute atomic E-state index is 0.817. The summed E-state index contributed by atoms with van der Waals surface area (Å²) in [6.45, 7) is 5.39. The van der Waals surface area contributed by atoms with Gasteiger partial charge >= 0.3 is 0 Å². The summed E-state index contributed by atoms with van der Waals surface area (Å²) in [5.74, 6) is 0. The van der Waals surface area contributed by atoms with E-state index in [4.69, 9.17) is 4.98 Å². The second kappa shape index (κ2) is 7.60. The van der Waals surface area contributed by atoms with Crippen LogP contribution >= 0.6 is 11.3 Å². The van der Waals surface area contributed by atoms with Crippen LogP contribution in [0.4, 0.5) is 0 Å². The van der Waals surface area contributed by atoms with Gasteiger partial charge in [0, 0.05) is 24.5 Å². The highest BCUT2D eigenvalue weighted by Crippen LogP contribution is 2.20. The molecule has 4 rings (SSSR count). The van der Waals surface area contributed by atoms with Crippen LogP contribution in [0.25, 0.3) is 11.0 Å². The zero-order valence-electron chi connectivity index (χ0n) is 14.7. The Labute approximate surface area is 153 Å². The van der Waals surface area contributed by atoms with E-state index in [1.165, 1.54) is 36.4 Å². The molecular formula is C20H24N4S. The Morgan fingerprint density at radius 1 is 1.12 bits per heavy atom. The summed E-state index contributed by atoms with van der Waals surface area (Å²) in [6.07, 6.45) is 4.60. The summed E-state index contributed by atoms with van der Waals surface area (Å²) in [4.78, 5) is 15.5. The molecule has 0 radical (unpaired) electrons. The molecule has 0 N–H and O–H groups in total. The molecule has 25 heavy (non-hydrogen) atoms. The average Bonchev–Trinajstić information content (AvgIpc) is 3.27. The van der Waals surface area contributed by atoms with Gasteiger partial charge < -0.3 is 0 Å². The van der Waals surface area contributed by atoms with Crippen molar-refractivity contribution in [3.8, 4) is 0 Å². The fourth-order valence-electron chi connectivity index (χ4n) is 3.46. The van der Waals surface area contributed by atoms with E-state index >= 15 is 0 Å². The molecule has 1 aliphatic heterocycles. The van der Waals surface area contributed by atoms with Crippen molar-refractivity contribution >= 4 is 22.4 Å². The van der Waals surface area contributed by atoms with Gasteiger partial charge in [-0.1, -0.05) is 12.1 Å². The van der Waals surface area contributed by atoms with Gasteiger partial charge in [0.15, 0.2) is 0 Å². The van der Waals surface area contributed by atoms with E-state index in [2.05, 4.69) is 33.3 Å². The summed E-state index contributed by atoms with van der Waals surface area (Å²) in [5, 5.41) is 2.32. The van der Waals surface area contributed by atoms with E-state index < -0.39 is 0 Å². The lowest BCUT2D eigenvalue weighted by Gasteiger charge is -2.15. The molecule has 0 unspecified atom stereocenters. The first-order valence-electron chi connectivity index (χ1n) is 8.94. The van der Waals surface area contributed by atoms with Gasteiger partial charge in [0.2, 0.25) is 0 Å². The molecular weight excluding hydrogens is 328 g/mol. The molecule has 2 aromatic heterocycles. The molecule has 3 aromatic rings. The molecule has 1 aliphatic rings. The van der Waals surface area contributed by atoms with Crippen molar-refractivity contribution in [3.05, 3.63) is 58.0 Å². The van der Waals surface area contributed by atoms with E-state index in [-0.39, 0.29) is 0 Å². The number of nitrogens with zero attached hydrogens (tertiary/aromatic N) is 4. The lowest BCUT2D eigenvalue weighted by Crippen LogP contribution is -2.18. The Morgan fingerprint density at radius 2 is 1.92 bits per heavy atom. The van der Waals surface area contributed by atoms with Gasteiger partial charge in [-0.2, -0.15) is 0 Å². The highest BCUT2D eigenvalue weighted by atomic mass is 32.1. The third kappa shape index (κ3) is 4.24. The fourth-order valence-corrected chi connectivity index (χ4v) is 4.42. The molecule has 0 bridgehead atoms. The highest BCUT2D eigenvalue weighted by molar-refractivity contribution is 7.10. The first kappa shape index (κ1) is 16.6. The van der Waals surface area contributed by atoms with Crippen molar-refractivity contribution in [2.45, 2.75) is 32.5 Å². The molecule has 1 aromatic carbocycles. The minimum atomic E-state index is 0.817. The Kier molecular flexibility index (Phi) is 5.06. The van der Waals surface area contributed by atoms with Crippen molar-refractivity contribution < 1.29 is 0 Å². The summed E-state index contributed by atoms with van der Waals surface area (Å²) in [5.41, 5.74) is 4.41. The van der Waals surface area contributed by atoms with Crippen LogP contribution < -0.4 is 0 Å². The maximum absolute atomic E-state index is 4.72.